The second-order valence-electron chi connectivity index (χ2n) is 4.04. The molecule has 3 rings (SSSR count). The van der Waals surface area contributed by atoms with Crippen LogP contribution in [0.2, 0.25) is 0 Å². The molecule has 102 valence electrons. The predicted octanol–water partition coefficient (Wildman–Crippen LogP) is 2.74. The third-order valence-electron chi connectivity index (χ3n) is 2.71. The van der Waals surface area contributed by atoms with Gasteiger partial charge in [0, 0.05) is 5.56 Å². The molecule has 0 bridgehead atoms. The van der Waals surface area contributed by atoms with Crippen molar-refractivity contribution in [3.63, 3.8) is 0 Å². The van der Waals surface area contributed by atoms with Gasteiger partial charge in [-0.3, -0.25) is 5.10 Å². The van der Waals surface area contributed by atoms with Crippen LogP contribution in [0, 0.1) is 0 Å². The fraction of sp³-hybridized carbons (Fsp3) is 0.0833. The van der Waals surface area contributed by atoms with Crippen molar-refractivity contribution in [2.75, 3.05) is 0 Å². The van der Waals surface area contributed by atoms with Gasteiger partial charge in [0.2, 0.25) is 5.82 Å². The van der Waals surface area contributed by atoms with Crippen molar-refractivity contribution in [3.05, 3.63) is 36.3 Å². The Kier molecular flexibility index (Phi) is 2.60. The minimum absolute atomic E-state index is 0.0329. The molecule has 8 heteroatoms. The molecular formula is C12H7F3N4O. The summed E-state index contributed by atoms with van der Waals surface area (Å²) in [7, 11) is 0. The van der Waals surface area contributed by atoms with Crippen molar-refractivity contribution >= 4 is 11.0 Å². The lowest BCUT2D eigenvalue weighted by atomic mass is 10.1. The summed E-state index contributed by atoms with van der Waals surface area (Å²) in [4.78, 5) is 6.92. The average Bonchev–Trinajstić information content (AvgIpc) is 2.85. The third-order valence-corrected chi connectivity index (χ3v) is 2.71. The molecule has 0 unspecified atom stereocenters. The van der Waals surface area contributed by atoms with Crippen LogP contribution in [-0.4, -0.2) is 25.3 Å². The molecule has 0 radical (unpaired) electrons. The van der Waals surface area contributed by atoms with Gasteiger partial charge in [0.1, 0.15) is 22.5 Å². The first kappa shape index (κ1) is 12.4. The van der Waals surface area contributed by atoms with E-state index in [1.165, 1.54) is 18.3 Å². The van der Waals surface area contributed by atoms with E-state index >= 15 is 0 Å². The lowest BCUT2D eigenvalue weighted by Gasteiger charge is -2.09. The zero-order chi connectivity index (χ0) is 14.3. The van der Waals surface area contributed by atoms with Crippen molar-refractivity contribution < 1.29 is 18.3 Å². The normalized spacial score (nSPS) is 11.9. The van der Waals surface area contributed by atoms with Crippen LogP contribution in [0.4, 0.5) is 13.2 Å². The number of halogens is 3. The Labute approximate surface area is 110 Å². The van der Waals surface area contributed by atoms with Crippen molar-refractivity contribution in [1.82, 2.24) is 20.2 Å². The second-order valence-corrected chi connectivity index (χ2v) is 4.04. The number of nitrogens with zero attached hydrogens (tertiary/aromatic N) is 3. The highest BCUT2D eigenvalue weighted by molar-refractivity contribution is 5.90. The van der Waals surface area contributed by atoms with Gasteiger partial charge in [-0.15, -0.1) is 0 Å². The summed E-state index contributed by atoms with van der Waals surface area (Å²) in [5.74, 6) is -1.44. The van der Waals surface area contributed by atoms with E-state index in [9.17, 15) is 18.3 Å². The number of benzene rings is 1. The standard InChI is InChI=1S/C12H7F3N4O/c13-12(14,15)11-17-7-5-16-19-10(7)9(18-11)6-3-1-2-4-8(6)20/h1-5,20H,(H,16,19). The monoisotopic (exact) mass is 280 g/mol. The Morgan fingerprint density at radius 2 is 1.85 bits per heavy atom. The Morgan fingerprint density at radius 1 is 1.10 bits per heavy atom. The maximum atomic E-state index is 12.8. The van der Waals surface area contributed by atoms with E-state index in [0.717, 1.165) is 0 Å². The van der Waals surface area contributed by atoms with E-state index in [-0.39, 0.29) is 28.0 Å². The van der Waals surface area contributed by atoms with Crippen molar-refractivity contribution in [3.8, 4) is 17.0 Å². The van der Waals surface area contributed by atoms with Crippen LogP contribution in [0.3, 0.4) is 0 Å². The third kappa shape index (κ3) is 1.94. The number of aromatic nitrogens is 4. The fourth-order valence-electron chi connectivity index (χ4n) is 1.84. The summed E-state index contributed by atoms with van der Waals surface area (Å²) >= 11 is 0. The number of nitrogens with one attached hydrogen (secondary N) is 1. The molecule has 0 spiro atoms. The number of phenolic OH excluding ortho intramolecular Hbond substituents is 1. The maximum absolute atomic E-state index is 12.8. The highest BCUT2D eigenvalue weighted by Gasteiger charge is 2.36. The topological polar surface area (TPSA) is 74.7 Å². The van der Waals surface area contributed by atoms with Gasteiger partial charge in [0.05, 0.1) is 6.20 Å². The molecule has 2 aromatic heterocycles. The SMILES string of the molecule is Oc1ccccc1-c1nc(C(F)(F)F)nc2cn[nH]c12. The van der Waals surface area contributed by atoms with Crippen molar-refractivity contribution in [1.29, 1.82) is 0 Å². The molecule has 2 N–H and O–H groups in total. The summed E-state index contributed by atoms with van der Waals surface area (Å²) < 4.78 is 38.4. The minimum Gasteiger partial charge on any atom is -0.507 e. The number of hydrogen-bond acceptors (Lipinski definition) is 4. The highest BCUT2D eigenvalue weighted by Crippen LogP contribution is 2.34. The van der Waals surface area contributed by atoms with Crippen molar-refractivity contribution in [2.24, 2.45) is 0 Å². The van der Waals surface area contributed by atoms with E-state index in [1.54, 1.807) is 12.1 Å². The number of alkyl halides is 3. The van der Waals surface area contributed by atoms with Gasteiger partial charge in [-0.1, -0.05) is 12.1 Å². The molecule has 2 heterocycles. The Hall–Kier alpha value is -2.64. The number of aromatic hydroxyl groups is 1. The van der Waals surface area contributed by atoms with Crippen LogP contribution in [0.25, 0.3) is 22.3 Å². The number of hydrogen-bond donors (Lipinski definition) is 2. The molecule has 0 aliphatic carbocycles. The second kappa shape index (κ2) is 4.19. The van der Waals surface area contributed by atoms with Crippen LogP contribution < -0.4 is 0 Å². The zero-order valence-electron chi connectivity index (χ0n) is 9.81. The molecule has 0 atom stereocenters. The lowest BCUT2D eigenvalue weighted by molar-refractivity contribution is -0.144. The van der Waals surface area contributed by atoms with Crippen molar-refractivity contribution in [2.45, 2.75) is 6.18 Å². The van der Waals surface area contributed by atoms with Gasteiger partial charge in [0.25, 0.3) is 0 Å². The summed E-state index contributed by atoms with van der Waals surface area (Å²) in [5.41, 5.74) is 0.401. The number of phenols is 1. The number of fused-ring (bicyclic) bond motifs is 1. The molecule has 0 saturated carbocycles. The highest BCUT2D eigenvalue weighted by atomic mass is 19.4. The number of rotatable bonds is 1. The molecule has 0 saturated heterocycles. The summed E-state index contributed by atoms with van der Waals surface area (Å²) in [6.07, 6.45) is -3.50. The maximum Gasteiger partial charge on any atom is 0.451 e. The summed E-state index contributed by atoms with van der Waals surface area (Å²) in [5, 5.41) is 16.0. The molecule has 5 nitrogen and oxygen atoms in total. The number of H-pyrrole nitrogens is 1. The molecular weight excluding hydrogens is 273 g/mol. The van der Waals surface area contributed by atoms with E-state index < -0.39 is 12.0 Å². The number of aromatic amines is 1. The molecule has 0 fully saturated rings. The quantitative estimate of drug-likeness (QED) is 0.718. The molecule has 0 aliphatic heterocycles. The fourth-order valence-corrected chi connectivity index (χ4v) is 1.84. The van der Waals surface area contributed by atoms with Gasteiger partial charge in [-0.25, -0.2) is 9.97 Å². The van der Waals surface area contributed by atoms with Crippen LogP contribution in [0.5, 0.6) is 5.75 Å². The number of para-hydroxylation sites is 1. The van der Waals surface area contributed by atoms with Gasteiger partial charge < -0.3 is 5.11 Å². The molecule has 20 heavy (non-hydrogen) atoms. The first-order valence-electron chi connectivity index (χ1n) is 5.53. The first-order valence-corrected chi connectivity index (χ1v) is 5.53. The molecule has 1 aromatic carbocycles. The zero-order valence-corrected chi connectivity index (χ0v) is 9.81. The van der Waals surface area contributed by atoms with Crippen LogP contribution in [0.1, 0.15) is 5.82 Å². The lowest BCUT2D eigenvalue weighted by Crippen LogP contribution is -2.11. The van der Waals surface area contributed by atoms with E-state index in [4.69, 9.17) is 0 Å². The Morgan fingerprint density at radius 3 is 2.55 bits per heavy atom. The summed E-state index contributed by atoms with van der Waals surface area (Å²) in [6, 6.07) is 5.99. The predicted molar refractivity (Wildman–Crippen MR) is 63.8 cm³/mol. The smallest absolute Gasteiger partial charge is 0.451 e. The van der Waals surface area contributed by atoms with E-state index in [2.05, 4.69) is 20.2 Å². The van der Waals surface area contributed by atoms with Gasteiger partial charge >= 0.3 is 6.18 Å². The van der Waals surface area contributed by atoms with E-state index in [1.807, 2.05) is 0 Å². The summed E-state index contributed by atoms with van der Waals surface area (Å²) in [6.45, 7) is 0. The van der Waals surface area contributed by atoms with Crippen LogP contribution in [-0.2, 0) is 6.18 Å². The Balaban J connectivity index is 2.34. The van der Waals surface area contributed by atoms with Gasteiger partial charge in [-0.2, -0.15) is 18.3 Å². The average molecular weight is 280 g/mol. The molecule has 0 aliphatic rings. The minimum atomic E-state index is -4.68. The van der Waals surface area contributed by atoms with Crippen LogP contribution in [0.15, 0.2) is 30.5 Å². The van der Waals surface area contributed by atoms with Gasteiger partial charge in [0.15, 0.2) is 0 Å². The Bertz CT molecular complexity index is 782. The molecule has 3 aromatic rings. The largest absolute Gasteiger partial charge is 0.507 e. The first-order chi connectivity index (χ1) is 9.47. The van der Waals surface area contributed by atoms with Gasteiger partial charge in [-0.05, 0) is 12.1 Å². The van der Waals surface area contributed by atoms with Crippen LogP contribution >= 0.6 is 0 Å². The van der Waals surface area contributed by atoms with E-state index in [0.29, 0.717) is 0 Å². The molecule has 0 amide bonds.